The molecule has 1 amide bonds. The molecule has 6 nitrogen and oxygen atoms in total. The van der Waals surface area contributed by atoms with Crippen molar-refractivity contribution >= 4 is 23.1 Å². The predicted octanol–water partition coefficient (Wildman–Crippen LogP) is 4.63. The molecule has 1 heterocycles. The molecule has 164 valence electrons. The summed E-state index contributed by atoms with van der Waals surface area (Å²) in [5.41, 5.74) is 5.44. The van der Waals surface area contributed by atoms with Gasteiger partial charge in [0.1, 0.15) is 11.5 Å². The number of hydrogen-bond acceptors (Lipinski definition) is 4. The molecule has 0 spiro atoms. The second-order valence-electron chi connectivity index (χ2n) is 7.39. The largest absolute Gasteiger partial charge is 0.502 e. The molecule has 7 heteroatoms. The van der Waals surface area contributed by atoms with E-state index >= 15 is 0 Å². The van der Waals surface area contributed by atoms with E-state index in [0.29, 0.717) is 5.69 Å². The predicted molar refractivity (Wildman–Crippen MR) is 121 cm³/mol. The van der Waals surface area contributed by atoms with Gasteiger partial charge in [-0.1, -0.05) is 6.07 Å². The molecule has 0 saturated carbocycles. The third-order valence-electron chi connectivity index (χ3n) is 5.54. The lowest BCUT2D eigenvalue weighted by Crippen LogP contribution is -2.25. The molecule has 1 aliphatic rings. The summed E-state index contributed by atoms with van der Waals surface area (Å²) in [6, 6.07) is 11.5. The number of allylic oxidation sites excluding steroid dienone is 2. The first-order chi connectivity index (χ1) is 15.4. The van der Waals surface area contributed by atoms with E-state index in [-0.39, 0.29) is 35.5 Å². The third kappa shape index (κ3) is 3.85. The molecule has 2 aromatic carbocycles. The number of phenols is 1. The van der Waals surface area contributed by atoms with Gasteiger partial charge in [0, 0.05) is 12.7 Å². The summed E-state index contributed by atoms with van der Waals surface area (Å²) in [6.45, 7) is 2.19. The van der Waals surface area contributed by atoms with Crippen molar-refractivity contribution in [2.45, 2.75) is 6.92 Å². The van der Waals surface area contributed by atoms with E-state index in [9.17, 15) is 14.3 Å². The molecule has 0 bridgehead atoms. The van der Waals surface area contributed by atoms with Gasteiger partial charge in [0.2, 0.25) is 5.75 Å². The average molecular weight is 434 g/mol. The molecule has 1 aliphatic carbocycles. The van der Waals surface area contributed by atoms with Crippen LogP contribution in [0.3, 0.4) is 0 Å². The molecular formula is C25H23FN2O4. The van der Waals surface area contributed by atoms with E-state index < -0.39 is 0 Å². The Morgan fingerprint density at radius 2 is 1.84 bits per heavy atom. The lowest BCUT2D eigenvalue weighted by Gasteiger charge is -2.11. The Hall–Kier alpha value is -4.00. The van der Waals surface area contributed by atoms with Crippen LogP contribution < -0.4 is 14.8 Å². The van der Waals surface area contributed by atoms with Crippen molar-refractivity contribution in [2.75, 3.05) is 20.8 Å². The van der Waals surface area contributed by atoms with Gasteiger partial charge in [-0.3, -0.25) is 4.79 Å². The molecule has 1 aromatic heterocycles. The Morgan fingerprint density at radius 3 is 2.47 bits per heavy atom. The van der Waals surface area contributed by atoms with E-state index in [0.717, 1.165) is 33.4 Å². The Balaban J connectivity index is 1.75. The van der Waals surface area contributed by atoms with Crippen molar-refractivity contribution in [2.24, 2.45) is 0 Å². The number of methoxy groups -OCH3 is 2. The molecular weight excluding hydrogens is 411 g/mol. The number of rotatable bonds is 6. The van der Waals surface area contributed by atoms with Crippen molar-refractivity contribution in [1.82, 2.24) is 10.3 Å². The van der Waals surface area contributed by atoms with Gasteiger partial charge in [-0.2, -0.15) is 0 Å². The van der Waals surface area contributed by atoms with Crippen LogP contribution in [0, 0.1) is 5.82 Å². The summed E-state index contributed by atoms with van der Waals surface area (Å²) in [4.78, 5) is 15.3. The molecule has 3 N–H and O–H groups in total. The molecule has 32 heavy (non-hydrogen) atoms. The molecule has 0 saturated heterocycles. The zero-order valence-corrected chi connectivity index (χ0v) is 18.0. The number of fused-ring (bicyclic) bond motifs is 1. The van der Waals surface area contributed by atoms with Crippen LogP contribution in [0.1, 0.15) is 34.1 Å². The van der Waals surface area contributed by atoms with Crippen molar-refractivity contribution in [1.29, 1.82) is 0 Å². The number of halogens is 1. The standard InChI is InChI=1S/C25H23FN2O4/c1-14-18(9-15-10-22(31-2)24(29)23(11-15)32-3)17-7-6-16(26)12-19(17)20(14)13-28-25(30)21-5-4-8-27-21/h4-12,27,29H,13H2,1-3H3,(H,28,30)/b18-9-. The Kier molecular flexibility index (Phi) is 5.73. The highest BCUT2D eigenvalue weighted by Gasteiger charge is 2.25. The van der Waals surface area contributed by atoms with Gasteiger partial charge in [0.25, 0.3) is 5.91 Å². The summed E-state index contributed by atoms with van der Waals surface area (Å²) in [5, 5.41) is 13.1. The highest BCUT2D eigenvalue weighted by Crippen LogP contribution is 2.44. The SMILES string of the molecule is COc1cc(/C=C2/C(C)=C(CNC(=O)c3ccc[nH]3)c3cc(F)ccc32)cc(OC)c1O. The highest BCUT2D eigenvalue weighted by molar-refractivity contribution is 6.06. The topological polar surface area (TPSA) is 83.6 Å². The van der Waals surface area contributed by atoms with Crippen molar-refractivity contribution in [3.8, 4) is 17.2 Å². The number of hydrogen-bond donors (Lipinski definition) is 3. The van der Waals surface area contributed by atoms with Gasteiger partial charge in [0.05, 0.1) is 14.2 Å². The number of phenolic OH excluding ortho intramolecular Hbond substituents is 1. The highest BCUT2D eigenvalue weighted by atomic mass is 19.1. The van der Waals surface area contributed by atoms with Gasteiger partial charge in [-0.25, -0.2) is 4.39 Å². The summed E-state index contributed by atoms with van der Waals surface area (Å²) < 4.78 is 24.6. The van der Waals surface area contributed by atoms with Gasteiger partial charge >= 0.3 is 0 Å². The summed E-state index contributed by atoms with van der Waals surface area (Å²) in [7, 11) is 2.93. The number of H-pyrrole nitrogens is 1. The fourth-order valence-electron chi connectivity index (χ4n) is 3.88. The molecule has 0 unspecified atom stereocenters. The number of carbonyl (C=O) groups excluding carboxylic acids is 1. The van der Waals surface area contributed by atoms with Crippen LogP contribution in [0.5, 0.6) is 17.2 Å². The smallest absolute Gasteiger partial charge is 0.267 e. The normalized spacial score (nSPS) is 13.9. The Morgan fingerprint density at radius 1 is 1.12 bits per heavy atom. The molecule has 0 atom stereocenters. The molecule has 0 aliphatic heterocycles. The van der Waals surface area contributed by atoms with Crippen LogP contribution in [0.25, 0.3) is 17.2 Å². The van der Waals surface area contributed by atoms with E-state index in [1.54, 1.807) is 36.5 Å². The maximum atomic E-state index is 14.1. The van der Waals surface area contributed by atoms with Crippen molar-refractivity contribution < 1.29 is 23.8 Å². The van der Waals surface area contributed by atoms with Gasteiger partial charge in [-0.15, -0.1) is 0 Å². The summed E-state index contributed by atoms with van der Waals surface area (Å²) in [5.74, 6) is -0.0918. The van der Waals surface area contributed by atoms with Crippen LogP contribution in [-0.4, -0.2) is 36.8 Å². The van der Waals surface area contributed by atoms with E-state index in [2.05, 4.69) is 10.3 Å². The van der Waals surface area contributed by atoms with Crippen LogP contribution in [0.15, 0.2) is 54.2 Å². The first-order valence-electron chi connectivity index (χ1n) is 10.0. The van der Waals surface area contributed by atoms with Crippen molar-refractivity contribution in [3.05, 3.63) is 82.4 Å². The Labute approximate surface area is 185 Å². The molecule has 3 aromatic rings. The van der Waals surface area contributed by atoms with Gasteiger partial charge in [-0.05, 0) is 82.8 Å². The second kappa shape index (κ2) is 8.63. The minimum Gasteiger partial charge on any atom is -0.502 e. The number of amides is 1. The summed E-state index contributed by atoms with van der Waals surface area (Å²) >= 11 is 0. The number of ether oxygens (including phenoxy) is 2. The maximum absolute atomic E-state index is 14.1. The molecule has 0 fully saturated rings. The number of aromatic nitrogens is 1. The third-order valence-corrected chi connectivity index (χ3v) is 5.54. The van der Waals surface area contributed by atoms with Crippen LogP contribution in [0.2, 0.25) is 0 Å². The van der Waals surface area contributed by atoms with Crippen LogP contribution in [-0.2, 0) is 0 Å². The maximum Gasteiger partial charge on any atom is 0.267 e. The number of aromatic hydroxyl groups is 1. The van der Waals surface area contributed by atoms with Crippen molar-refractivity contribution in [3.63, 3.8) is 0 Å². The minimum atomic E-state index is -0.348. The zero-order chi connectivity index (χ0) is 22.8. The van der Waals surface area contributed by atoms with Crippen LogP contribution >= 0.6 is 0 Å². The monoisotopic (exact) mass is 434 g/mol. The lowest BCUT2D eigenvalue weighted by molar-refractivity contribution is 0.0954. The lowest BCUT2D eigenvalue weighted by atomic mass is 10.00. The van der Waals surface area contributed by atoms with E-state index in [1.807, 2.05) is 13.0 Å². The van der Waals surface area contributed by atoms with E-state index in [1.165, 1.54) is 26.4 Å². The zero-order valence-electron chi connectivity index (χ0n) is 18.0. The fraction of sp³-hybridized carbons (Fsp3) is 0.160. The van der Waals surface area contributed by atoms with Gasteiger partial charge < -0.3 is 24.9 Å². The molecule has 0 radical (unpaired) electrons. The van der Waals surface area contributed by atoms with E-state index in [4.69, 9.17) is 9.47 Å². The first kappa shape index (κ1) is 21.2. The average Bonchev–Trinajstić information content (AvgIpc) is 3.41. The Bertz CT molecular complexity index is 1220. The molecule has 4 rings (SSSR count). The number of benzene rings is 2. The fourth-order valence-corrected chi connectivity index (χ4v) is 3.88. The van der Waals surface area contributed by atoms with Gasteiger partial charge in [0.15, 0.2) is 11.5 Å². The second-order valence-corrected chi connectivity index (χ2v) is 7.39. The first-order valence-corrected chi connectivity index (χ1v) is 10.0. The number of aromatic amines is 1. The summed E-state index contributed by atoms with van der Waals surface area (Å²) in [6.07, 6.45) is 3.61. The quantitative estimate of drug-likeness (QED) is 0.528. The number of nitrogens with one attached hydrogen (secondary N) is 2. The number of carbonyl (C=O) groups is 1. The van der Waals surface area contributed by atoms with Crippen LogP contribution in [0.4, 0.5) is 4.39 Å². The minimum absolute atomic E-state index is 0.0778.